The van der Waals surface area contributed by atoms with E-state index >= 15 is 0 Å². The van der Waals surface area contributed by atoms with Gasteiger partial charge in [-0.1, -0.05) is 13.0 Å². The normalized spacial score (nSPS) is 18.6. The maximum atomic E-state index is 12.8. The number of rotatable bonds is 7. The summed E-state index contributed by atoms with van der Waals surface area (Å²) in [7, 11) is 3.67. The highest BCUT2D eigenvalue weighted by Crippen LogP contribution is 2.29. The molecule has 142 valence electrons. The van der Waals surface area contributed by atoms with Gasteiger partial charge in [0.1, 0.15) is 6.04 Å². The number of carbonyl (C=O) groups excluding carboxylic acids is 1. The van der Waals surface area contributed by atoms with Crippen molar-refractivity contribution in [2.45, 2.75) is 31.8 Å². The number of likely N-dealkylation sites (tertiary alicyclic amines) is 1. The molecule has 1 aliphatic heterocycles. The molecule has 0 aliphatic carbocycles. The lowest BCUT2D eigenvalue weighted by atomic mass is 9.97. The summed E-state index contributed by atoms with van der Waals surface area (Å²) in [5.41, 5.74) is 0.881. The number of hydrogen-bond donors (Lipinski definition) is 2. The molecule has 0 aromatic carbocycles. The predicted molar refractivity (Wildman–Crippen MR) is 105 cm³/mol. The standard InChI is InChI=1S/C19H29N5OS/c1-14-6-8-24(9-7-14)16(17-5-4-10-26-17)12-21-19(25)18(20-2)15-11-22-23(3)13-15/h4-5,10-11,13-14,16,18,20H,6-9,12H2,1-3H3,(H,21,25). The first-order valence-corrected chi connectivity index (χ1v) is 10.2. The third-order valence-corrected chi connectivity index (χ3v) is 6.18. The van der Waals surface area contributed by atoms with Crippen LogP contribution in [0.3, 0.4) is 0 Å². The van der Waals surface area contributed by atoms with Crippen molar-refractivity contribution in [1.29, 1.82) is 0 Å². The van der Waals surface area contributed by atoms with Gasteiger partial charge in [-0.05, 0) is 50.3 Å². The fraction of sp³-hybridized carbons (Fsp3) is 0.579. The zero-order valence-corrected chi connectivity index (χ0v) is 16.6. The van der Waals surface area contributed by atoms with Gasteiger partial charge in [0.05, 0.1) is 12.2 Å². The zero-order chi connectivity index (χ0) is 18.5. The van der Waals surface area contributed by atoms with Crippen molar-refractivity contribution >= 4 is 17.2 Å². The SMILES string of the molecule is CNC(C(=O)NCC(c1cccs1)N1CCC(C)CC1)c1cnn(C)c1. The highest BCUT2D eigenvalue weighted by Gasteiger charge is 2.27. The quantitative estimate of drug-likeness (QED) is 0.780. The van der Waals surface area contributed by atoms with Gasteiger partial charge >= 0.3 is 0 Å². The number of amides is 1. The van der Waals surface area contributed by atoms with Gasteiger partial charge in [0, 0.05) is 30.2 Å². The first-order chi connectivity index (χ1) is 12.6. The van der Waals surface area contributed by atoms with E-state index < -0.39 is 0 Å². The average Bonchev–Trinajstić information content (AvgIpc) is 3.30. The molecule has 1 fully saturated rings. The van der Waals surface area contributed by atoms with Gasteiger partial charge in [-0.25, -0.2) is 0 Å². The minimum Gasteiger partial charge on any atom is -0.352 e. The first-order valence-electron chi connectivity index (χ1n) is 9.29. The highest BCUT2D eigenvalue weighted by atomic mass is 32.1. The molecule has 2 N–H and O–H groups in total. The van der Waals surface area contributed by atoms with E-state index in [1.807, 2.05) is 13.2 Å². The minimum atomic E-state index is -0.380. The molecule has 26 heavy (non-hydrogen) atoms. The van der Waals surface area contributed by atoms with Crippen LogP contribution in [0.15, 0.2) is 29.9 Å². The van der Waals surface area contributed by atoms with Crippen LogP contribution in [0.25, 0.3) is 0 Å². The van der Waals surface area contributed by atoms with Crippen LogP contribution in [0.4, 0.5) is 0 Å². The molecule has 2 aromatic rings. The van der Waals surface area contributed by atoms with Crippen molar-refractivity contribution in [2.24, 2.45) is 13.0 Å². The van der Waals surface area contributed by atoms with Crippen LogP contribution in [-0.2, 0) is 11.8 Å². The van der Waals surface area contributed by atoms with Crippen molar-refractivity contribution in [1.82, 2.24) is 25.3 Å². The van der Waals surface area contributed by atoms with Crippen LogP contribution in [-0.4, -0.2) is 47.3 Å². The number of likely N-dealkylation sites (N-methyl/N-ethyl adjacent to an activating group) is 1. The molecule has 3 rings (SSSR count). The van der Waals surface area contributed by atoms with Gasteiger partial charge in [-0.3, -0.25) is 14.4 Å². The highest BCUT2D eigenvalue weighted by molar-refractivity contribution is 7.10. The van der Waals surface area contributed by atoms with E-state index in [2.05, 4.69) is 45.1 Å². The molecule has 2 aromatic heterocycles. The van der Waals surface area contributed by atoms with Crippen LogP contribution in [0.1, 0.15) is 42.3 Å². The topological polar surface area (TPSA) is 62.2 Å². The smallest absolute Gasteiger partial charge is 0.241 e. The van der Waals surface area contributed by atoms with E-state index in [0.717, 1.165) is 24.6 Å². The molecular formula is C19H29N5OS. The molecule has 2 unspecified atom stereocenters. The lowest BCUT2D eigenvalue weighted by molar-refractivity contribution is -0.123. The Kier molecular flexibility index (Phi) is 6.45. The largest absolute Gasteiger partial charge is 0.352 e. The molecular weight excluding hydrogens is 346 g/mol. The average molecular weight is 376 g/mol. The molecule has 1 aliphatic rings. The van der Waals surface area contributed by atoms with Crippen molar-refractivity contribution in [2.75, 3.05) is 26.7 Å². The fourth-order valence-electron chi connectivity index (χ4n) is 3.57. The Morgan fingerprint density at radius 3 is 2.77 bits per heavy atom. The number of thiophene rings is 1. The van der Waals surface area contributed by atoms with Crippen LogP contribution >= 0.6 is 11.3 Å². The van der Waals surface area contributed by atoms with Crippen molar-refractivity contribution in [3.8, 4) is 0 Å². The van der Waals surface area contributed by atoms with Crippen LogP contribution in [0, 0.1) is 5.92 Å². The van der Waals surface area contributed by atoms with Gasteiger partial charge in [-0.15, -0.1) is 11.3 Å². The van der Waals surface area contributed by atoms with E-state index in [4.69, 9.17) is 0 Å². The number of carbonyl (C=O) groups is 1. The molecule has 7 heteroatoms. The lowest BCUT2D eigenvalue weighted by Gasteiger charge is -2.36. The van der Waals surface area contributed by atoms with Crippen molar-refractivity contribution in [3.05, 3.63) is 40.3 Å². The maximum Gasteiger partial charge on any atom is 0.241 e. The second kappa shape index (κ2) is 8.79. The third kappa shape index (κ3) is 4.52. The van der Waals surface area contributed by atoms with Crippen molar-refractivity contribution in [3.63, 3.8) is 0 Å². The second-order valence-electron chi connectivity index (χ2n) is 7.16. The van der Waals surface area contributed by atoms with E-state index in [9.17, 15) is 4.79 Å². The lowest BCUT2D eigenvalue weighted by Crippen LogP contribution is -2.44. The monoisotopic (exact) mass is 375 g/mol. The molecule has 6 nitrogen and oxygen atoms in total. The zero-order valence-electron chi connectivity index (χ0n) is 15.8. The number of nitrogens with one attached hydrogen (secondary N) is 2. The summed E-state index contributed by atoms with van der Waals surface area (Å²) in [5, 5.41) is 12.6. The molecule has 0 saturated carbocycles. The second-order valence-corrected chi connectivity index (χ2v) is 8.14. The van der Waals surface area contributed by atoms with E-state index in [0.29, 0.717) is 6.54 Å². The molecule has 0 radical (unpaired) electrons. The molecule has 2 atom stereocenters. The Labute approximate surface area is 159 Å². The van der Waals surface area contributed by atoms with Crippen LogP contribution in [0.5, 0.6) is 0 Å². The fourth-order valence-corrected chi connectivity index (χ4v) is 4.43. The number of piperidine rings is 1. The Morgan fingerprint density at radius 2 is 2.19 bits per heavy atom. The Hall–Kier alpha value is -1.70. The Bertz CT molecular complexity index is 691. The number of nitrogens with zero attached hydrogens (tertiary/aromatic N) is 3. The Morgan fingerprint density at radius 1 is 1.42 bits per heavy atom. The number of aryl methyl sites for hydroxylation is 1. The molecule has 1 amide bonds. The molecule has 1 saturated heterocycles. The third-order valence-electron chi connectivity index (χ3n) is 5.21. The van der Waals surface area contributed by atoms with Crippen LogP contribution in [0.2, 0.25) is 0 Å². The van der Waals surface area contributed by atoms with Gasteiger partial charge in [-0.2, -0.15) is 5.10 Å². The van der Waals surface area contributed by atoms with Crippen molar-refractivity contribution < 1.29 is 4.79 Å². The summed E-state index contributed by atoms with van der Waals surface area (Å²) in [5.74, 6) is 0.788. The van der Waals surface area contributed by atoms with E-state index in [-0.39, 0.29) is 18.0 Å². The van der Waals surface area contributed by atoms with Gasteiger partial charge in [0.25, 0.3) is 0 Å². The van der Waals surface area contributed by atoms with Crippen LogP contribution < -0.4 is 10.6 Å². The van der Waals surface area contributed by atoms with E-state index in [1.165, 1.54) is 17.7 Å². The molecule has 3 heterocycles. The first kappa shape index (κ1) is 19.1. The molecule has 0 bridgehead atoms. The number of aromatic nitrogens is 2. The minimum absolute atomic E-state index is 0.00701. The summed E-state index contributed by atoms with van der Waals surface area (Å²) in [4.78, 5) is 16.6. The molecule has 0 spiro atoms. The van der Waals surface area contributed by atoms with Gasteiger partial charge < -0.3 is 10.6 Å². The maximum absolute atomic E-state index is 12.8. The predicted octanol–water partition coefficient (Wildman–Crippen LogP) is 2.33. The number of hydrogen-bond acceptors (Lipinski definition) is 5. The summed E-state index contributed by atoms with van der Waals surface area (Å²) in [6, 6.07) is 4.14. The van der Waals surface area contributed by atoms with Gasteiger partial charge in [0.15, 0.2) is 0 Å². The Balaban J connectivity index is 1.66. The summed E-state index contributed by atoms with van der Waals surface area (Å²) in [6.07, 6.45) is 6.07. The van der Waals surface area contributed by atoms with Gasteiger partial charge in [0.2, 0.25) is 5.91 Å². The summed E-state index contributed by atoms with van der Waals surface area (Å²) >= 11 is 1.77. The van der Waals surface area contributed by atoms with E-state index in [1.54, 1.807) is 29.3 Å². The summed E-state index contributed by atoms with van der Waals surface area (Å²) < 4.78 is 1.72. The summed E-state index contributed by atoms with van der Waals surface area (Å²) in [6.45, 7) is 5.15.